The summed E-state index contributed by atoms with van der Waals surface area (Å²) < 4.78 is 42.9. The Labute approximate surface area is 115 Å². The van der Waals surface area contributed by atoms with Crippen LogP contribution in [0, 0.1) is 0 Å². The number of aromatic nitrogens is 2. The largest absolute Gasteiger partial charge is 0.462 e. The summed E-state index contributed by atoms with van der Waals surface area (Å²) in [6.07, 6.45) is -3.43. The van der Waals surface area contributed by atoms with Crippen molar-refractivity contribution in [2.24, 2.45) is 0 Å². The Morgan fingerprint density at radius 3 is 2.80 bits per heavy atom. The van der Waals surface area contributed by atoms with Gasteiger partial charge < -0.3 is 9.64 Å². The van der Waals surface area contributed by atoms with Gasteiger partial charge in [-0.3, -0.25) is 4.90 Å². The van der Waals surface area contributed by atoms with Gasteiger partial charge in [0.15, 0.2) is 5.69 Å². The minimum absolute atomic E-state index is 0.117. The van der Waals surface area contributed by atoms with E-state index in [1.165, 1.54) is 0 Å². The summed E-state index contributed by atoms with van der Waals surface area (Å²) in [7, 11) is 3.97. The smallest absolute Gasteiger partial charge is 0.433 e. The summed E-state index contributed by atoms with van der Waals surface area (Å²) in [5, 5.41) is 0. The second kappa shape index (κ2) is 5.92. The molecule has 0 spiro atoms. The van der Waals surface area contributed by atoms with Crippen LogP contribution in [0.15, 0.2) is 12.3 Å². The predicted octanol–water partition coefficient (Wildman–Crippen LogP) is 1.12. The van der Waals surface area contributed by atoms with Gasteiger partial charge in [-0.15, -0.1) is 0 Å². The molecule has 0 saturated carbocycles. The van der Waals surface area contributed by atoms with E-state index < -0.39 is 11.9 Å². The van der Waals surface area contributed by atoms with E-state index in [4.69, 9.17) is 4.74 Å². The van der Waals surface area contributed by atoms with Gasteiger partial charge in [-0.1, -0.05) is 0 Å². The molecule has 112 valence electrons. The average molecular weight is 290 g/mol. The number of ether oxygens (including phenoxy) is 1. The first kappa shape index (κ1) is 15.0. The van der Waals surface area contributed by atoms with E-state index in [0.717, 1.165) is 31.9 Å². The number of hydrogen-bond donors (Lipinski definition) is 0. The fraction of sp³-hybridized carbons (Fsp3) is 0.667. The molecule has 1 aliphatic heterocycles. The van der Waals surface area contributed by atoms with Crippen LogP contribution in [0.4, 0.5) is 13.2 Å². The Morgan fingerprint density at radius 2 is 2.10 bits per heavy atom. The minimum atomic E-state index is -4.48. The zero-order chi connectivity index (χ0) is 14.8. The van der Waals surface area contributed by atoms with Gasteiger partial charge in [-0.25, -0.2) is 4.98 Å². The molecule has 0 aliphatic carbocycles. The van der Waals surface area contributed by atoms with Gasteiger partial charge >= 0.3 is 12.2 Å². The standard InChI is InChI=1S/C12H17F3N4O/c1-18-5-6-19(2)9(7-18)8-20-11-16-4-3-10(17-11)12(13,14)15/h3-4,9H,5-8H2,1-2H3. The molecular weight excluding hydrogens is 273 g/mol. The fourth-order valence-corrected chi connectivity index (χ4v) is 2.02. The molecular formula is C12H17F3N4O. The maximum Gasteiger partial charge on any atom is 0.433 e. The van der Waals surface area contributed by atoms with Crippen molar-refractivity contribution in [2.45, 2.75) is 12.2 Å². The third-order valence-corrected chi connectivity index (χ3v) is 3.31. The zero-order valence-corrected chi connectivity index (χ0v) is 11.4. The Morgan fingerprint density at radius 1 is 1.35 bits per heavy atom. The molecule has 20 heavy (non-hydrogen) atoms. The highest BCUT2D eigenvalue weighted by Gasteiger charge is 2.33. The highest BCUT2D eigenvalue weighted by atomic mass is 19.4. The van der Waals surface area contributed by atoms with E-state index in [1.807, 2.05) is 14.1 Å². The number of alkyl halides is 3. The van der Waals surface area contributed by atoms with Gasteiger partial charge in [0.2, 0.25) is 0 Å². The molecule has 8 heteroatoms. The SMILES string of the molecule is CN1CCN(C)C(COc2nccc(C(F)(F)F)n2)C1. The van der Waals surface area contributed by atoms with E-state index in [2.05, 4.69) is 19.8 Å². The number of piperazine rings is 1. The van der Waals surface area contributed by atoms with E-state index in [-0.39, 0.29) is 18.7 Å². The summed E-state index contributed by atoms with van der Waals surface area (Å²) in [4.78, 5) is 11.4. The molecule has 0 radical (unpaired) electrons. The predicted molar refractivity (Wildman–Crippen MR) is 66.4 cm³/mol. The molecule has 1 aromatic heterocycles. The fourth-order valence-electron chi connectivity index (χ4n) is 2.02. The first-order chi connectivity index (χ1) is 9.36. The minimum Gasteiger partial charge on any atom is -0.462 e. The number of rotatable bonds is 3. The van der Waals surface area contributed by atoms with Crippen molar-refractivity contribution >= 4 is 0 Å². The van der Waals surface area contributed by atoms with Gasteiger partial charge in [-0.2, -0.15) is 18.2 Å². The molecule has 1 saturated heterocycles. The Hall–Kier alpha value is -1.41. The van der Waals surface area contributed by atoms with Crippen molar-refractivity contribution in [3.8, 4) is 6.01 Å². The highest BCUT2D eigenvalue weighted by molar-refractivity contribution is 5.08. The third kappa shape index (κ3) is 3.80. The second-order valence-electron chi connectivity index (χ2n) is 4.93. The van der Waals surface area contributed by atoms with Gasteiger partial charge in [0.25, 0.3) is 0 Å². The van der Waals surface area contributed by atoms with E-state index in [1.54, 1.807) is 0 Å². The number of nitrogens with zero attached hydrogens (tertiary/aromatic N) is 4. The van der Waals surface area contributed by atoms with E-state index in [0.29, 0.717) is 0 Å². The molecule has 0 amide bonds. The van der Waals surface area contributed by atoms with Crippen molar-refractivity contribution in [1.82, 2.24) is 19.8 Å². The van der Waals surface area contributed by atoms with Crippen LogP contribution >= 0.6 is 0 Å². The van der Waals surface area contributed by atoms with Crippen molar-refractivity contribution < 1.29 is 17.9 Å². The van der Waals surface area contributed by atoms with Crippen molar-refractivity contribution in [3.05, 3.63) is 18.0 Å². The summed E-state index contributed by atoms with van der Waals surface area (Å²) >= 11 is 0. The molecule has 0 bridgehead atoms. The Balaban J connectivity index is 1.97. The van der Waals surface area contributed by atoms with E-state index in [9.17, 15) is 13.2 Å². The topological polar surface area (TPSA) is 41.5 Å². The van der Waals surface area contributed by atoms with Crippen molar-refractivity contribution in [1.29, 1.82) is 0 Å². The quantitative estimate of drug-likeness (QED) is 0.834. The lowest BCUT2D eigenvalue weighted by atomic mass is 10.2. The Bertz CT molecular complexity index is 455. The van der Waals surface area contributed by atoms with Crippen LogP contribution in [0.25, 0.3) is 0 Å². The molecule has 1 fully saturated rings. The van der Waals surface area contributed by atoms with Crippen LogP contribution in [-0.4, -0.2) is 66.1 Å². The highest BCUT2D eigenvalue weighted by Crippen LogP contribution is 2.27. The molecule has 1 atom stereocenters. The molecule has 0 aromatic carbocycles. The second-order valence-corrected chi connectivity index (χ2v) is 4.93. The lowest BCUT2D eigenvalue weighted by molar-refractivity contribution is -0.141. The molecule has 1 aromatic rings. The van der Waals surface area contributed by atoms with Crippen LogP contribution < -0.4 is 4.74 Å². The van der Waals surface area contributed by atoms with Crippen molar-refractivity contribution in [3.63, 3.8) is 0 Å². The number of likely N-dealkylation sites (N-methyl/N-ethyl adjacent to an activating group) is 2. The maximum absolute atomic E-state index is 12.5. The summed E-state index contributed by atoms with van der Waals surface area (Å²) in [6, 6.07) is 0.709. The van der Waals surface area contributed by atoms with Crippen LogP contribution in [-0.2, 0) is 6.18 Å². The Kier molecular flexibility index (Phi) is 4.44. The van der Waals surface area contributed by atoms with Crippen LogP contribution in [0.1, 0.15) is 5.69 Å². The maximum atomic E-state index is 12.5. The zero-order valence-electron chi connectivity index (χ0n) is 11.4. The lowest BCUT2D eigenvalue weighted by Gasteiger charge is -2.37. The average Bonchev–Trinajstić information content (AvgIpc) is 2.39. The number of hydrogen-bond acceptors (Lipinski definition) is 5. The molecule has 1 aliphatic rings. The normalized spacial score (nSPS) is 21.9. The van der Waals surface area contributed by atoms with Crippen LogP contribution in [0.5, 0.6) is 6.01 Å². The summed E-state index contributed by atoms with van der Waals surface area (Å²) in [6.45, 7) is 2.93. The van der Waals surface area contributed by atoms with Gasteiger partial charge in [-0.05, 0) is 20.2 Å². The lowest BCUT2D eigenvalue weighted by Crippen LogP contribution is -2.52. The number of halogens is 3. The third-order valence-electron chi connectivity index (χ3n) is 3.31. The molecule has 2 heterocycles. The summed E-state index contributed by atoms with van der Waals surface area (Å²) in [5.41, 5.74) is -0.989. The van der Waals surface area contributed by atoms with Crippen LogP contribution in [0.3, 0.4) is 0 Å². The molecule has 2 rings (SSSR count). The van der Waals surface area contributed by atoms with Crippen LogP contribution in [0.2, 0.25) is 0 Å². The summed E-state index contributed by atoms with van der Waals surface area (Å²) in [5.74, 6) is 0. The van der Waals surface area contributed by atoms with Gasteiger partial charge in [0.1, 0.15) is 6.61 Å². The first-order valence-corrected chi connectivity index (χ1v) is 6.28. The molecule has 0 N–H and O–H groups in total. The van der Waals surface area contributed by atoms with Gasteiger partial charge in [0, 0.05) is 25.8 Å². The van der Waals surface area contributed by atoms with E-state index >= 15 is 0 Å². The van der Waals surface area contributed by atoms with Crippen molar-refractivity contribution in [2.75, 3.05) is 40.3 Å². The monoisotopic (exact) mass is 290 g/mol. The van der Waals surface area contributed by atoms with Gasteiger partial charge in [0.05, 0.1) is 6.04 Å². The molecule has 5 nitrogen and oxygen atoms in total. The first-order valence-electron chi connectivity index (χ1n) is 6.28. The molecule has 1 unspecified atom stereocenters.